The second-order valence-electron chi connectivity index (χ2n) is 6.49. The number of esters is 1. The summed E-state index contributed by atoms with van der Waals surface area (Å²) >= 11 is 1.13. The van der Waals surface area contributed by atoms with Crippen LogP contribution >= 0.6 is 11.3 Å². The molecule has 0 saturated heterocycles. The van der Waals surface area contributed by atoms with Crippen molar-refractivity contribution in [3.05, 3.63) is 51.9 Å². The van der Waals surface area contributed by atoms with Gasteiger partial charge in [-0.2, -0.15) is 0 Å². The molecule has 2 rings (SSSR count). The maximum atomic E-state index is 12.8. The lowest BCUT2D eigenvalue weighted by atomic mass is 10.1. The fraction of sp³-hybridized carbons (Fsp3) is 0.409. The van der Waals surface area contributed by atoms with Gasteiger partial charge in [0.25, 0.3) is 5.91 Å². The number of nitrogens with one attached hydrogen (secondary N) is 1. The van der Waals surface area contributed by atoms with E-state index in [1.54, 1.807) is 18.7 Å². The molecule has 1 N–H and O–H groups in total. The minimum Gasteiger partial charge on any atom is -0.462 e. The maximum Gasteiger partial charge on any atom is 0.341 e. The maximum absolute atomic E-state index is 12.8. The van der Waals surface area contributed by atoms with Crippen molar-refractivity contribution in [2.75, 3.05) is 25.0 Å². The van der Waals surface area contributed by atoms with Crippen LogP contribution in [0.5, 0.6) is 0 Å². The van der Waals surface area contributed by atoms with Crippen LogP contribution in [0.1, 0.15) is 58.3 Å². The molecule has 0 aliphatic rings. The van der Waals surface area contributed by atoms with Gasteiger partial charge < -0.3 is 15.0 Å². The molecule has 0 bridgehead atoms. The van der Waals surface area contributed by atoms with Crippen molar-refractivity contribution in [1.29, 1.82) is 0 Å². The van der Waals surface area contributed by atoms with E-state index in [0.29, 0.717) is 35.0 Å². The topological polar surface area (TPSA) is 75.7 Å². The number of carbonyl (C=O) groups is 3. The number of rotatable bonds is 9. The zero-order chi connectivity index (χ0) is 21.4. The van der Waals surface area contributed by atoms with E-state index in [1.165, 1.54) is 0 Å². The van der Waals surface area contributed by atoms with Gasteiger partial charge in [0.1, 0.15) is 5.00 Å². The molecule has 1 heterocycles. The summed E-state index contributed by atoms with van der Waals surface area (Å²) < 4.78 is 5.16. The lowest BCUT2D eigenvalue weighted by Gasteiger charge is -2.18. The highest BCUT2D eigenvalue weighted by atomic mass is 32.1. The number of hydrogen-bond donors (Lipinski definition) is 1. The average molecular weight is 417 g/mol. The van der Waals surface area contributed by atoms with Crippen molar-refractivity contribution < 1.29 is 19.1 Å². The summed E-state index contributed by atoms with van der Waals surface area (Å²) in [6.45, 7) is 8.61. The lowest BCUT2D eigenvalue weighted by molar-refractivity contribution is -0.116. The number of aryl methyl sites for hydroxylation is 1. The Kier molecular flexibility index (Phi) is 8.39. The minimum absolute atomic E-state index is 0.146. The van der Waals surface area contributed by atoms with Crippen LogP contribution in [-0.4, -0.2) is 42.4 Å². The third-order valence-electron chi connectivity index (χ3n) is 4.61. The van der Waals surface area contributed by atoms with Gasteiger partial charge in [0.2, 0.25) is 5.91 Å². The van der Waals surface area contributed by atoms with Crippen LogP contribution in [0.15, 0.2) is 30.3 Å². The molecule has 0 radical (unpaired) electrons. The average Bonchev–Trinajstić information content (AvgIpc) is 3.04. The van der Waals surface area contributed by atoms with Crippen LogP contribution in [0, 0.1) is 6.92 Å². The molecule has 0 aliphatic heterocycles. The first-order valence-electron chi connectivity index (χ1n) is 9.86. The second kappa shape index (κ2) is 10.8. The molecule has 0 fully saturated rings. The fourth-order valence-corrected chi connectivity index (χ4v) is 4.18. The van der Waals surface area contributed by atoms with E-state index >= 15 is 0 Å². The van der Waals surface area contributed by atoms with Crippen molar-refractivity contribution >= 4 is 34.1 Å². The third kappa shape index (κ3) is 5.67. The monoisotopic (exact) mass is 416 g/mol. The van der Waals surface area contributed by atoms with Crippen molar-refractivity contribution in [2.45, 2.75) is 40.5 Å². The molecule has 1 aromatic heterocycles. The highest BCUT2D eigenvalue weighted by molar-refractivity contribution is 7.18. The van der Waals surface area contributed by atoms with Gasteiger partial charge in [0, 0.05) is 19.5 Å². The molecule has 0 unspecified atom stereocenters. The summed E-state index contributed by atoms with van der Waals surface area (Å²) in [6.07, 6.45) is 0.875. The first-order valence-corrected chi connectivity index (χ1v) is 10.7. The second-order valence-corrected chi connectivity index (χ2v) is 7.51. The normalized spacial score (nSPS) is 10.5. The zero-order valence-electron chi connectivity index (χ0n) is 17.4. The molecule has 6 nitrogen and oxygen atoms in total. The summed E-state index contributed by atoms with van der Waals surface area (Å²) in [7, 11) is 0. The van der Waals surface area contributed by atoms with E-state index in [0.717, 1.165) is 16.9 Å². The first kappa shape index (κ1) is 22.6. The molecular weight excluding hydrogens is 388 g/mol. The summed E-state index contributed by atoms with van der Waals surface area (Å²) in [6, 6.07) is 9.72. The van der Waals surface area contributed by atoms with E-state index in [-0.39, 0.29) is 30.4 Å². The molecule has 1 aromatic carbocycles. The predicted octanol–water partition coefficient (Wildman–Crippen LogP) is 4.29. The van der Waals surface area contributed by atoms with E-state index in [4.69, 9.17) is 4.74 Å². The lowest BCUT2D eigenvalue weighted by Crippen LogP contribution is -2.30. The number of amides is 2. The van der Waals surface area contributed by atoms with E-state index in [9.17, 15) is 14.4 Å². The summed E-state index contributed by atoms with van der Waals surface area (Å²) in [5.74, 6) is -0.881. The molecule has 29 heavy (non-hydrogen) atoms. The molecule has 0 aliphatic carbocycles. The summed E-state index contributed by atoms with van der Waals surface area (Å²) in [4.78, 5) is 40.0. The van der Waals surface area contributed by atoms with Gasteiger partial charge in [0.15, 0.2) is 0 Å². The Morgan fingerprint density at radius 2 is 1.72 bits per heavy atom. The number of nitrogens with zero attached hydrogens (tertiary/aromatic N) is 1. The van der Waals surface area contributed by atoms with Crippen LogP contribution in [0.25, 0.3) is 0 Å². The van der Waals surface area contributed by atoms with Crippen molar-refractivity contribution in [2.24, 2.45) is 0 Å². The predicted molar refractivity (Wildman–Crippen MR) is 116 cm³/mol. The minimum atomic E-state index is -0.529. The Morgan fingerprint density at radius 1 is 1.07 bits per heavy atom. The number of ether oxygens (including phenoxy) is 1. The number of thiophene rings is 1. The number of hydrogen-bond acceptors (Lipinski definition) is 5. The highest BCUT2D eigenvalue weighted by Gasteiger charge is 2.28. The Labute approximate surface area is 175 Å². The van der Waals surface area contributed by atoms with Gasteiger partial charge in [-0.15, -0.1) is 11.3 Å². The molecule has 7 heteroatoms. The standard InChI is InChI=1S/C22H28N2O4S/c1-5-24(6-2)21(26)19-15(4)18(22(27)28-7-3)20(29-19)23-17(25)14-13-16-11-9-8-10-12-16/h8-12H,5-7,13-14H2,1-4H3,(H,23,25). The number of anilines is 1. The fourth-order valence-electron chi connectivity index (χ4n) is 3.00. The quantitative estimate of drug-likeness (QED) is 0.619. The van der Waals surface area contributed by atoms with Crippen LogP contribution < -0.4 is 5.32 Å². The Bertz CT molecular complexity index is 857. The SMILES string of the molecule is CCOC(=O)c1c(NC(=O)CCc2ccccc2)sc(C(=O)N(CC)CC)c1C. The van der Waals surface area contributed by atoms with Crippen molar-refractivity contribution in [1.82, 2.24) is 4.90 Å². The number of carbonyl (C=O) groups excluding carboxylic acids is 3. The molecule has 2 aromatic rings. The van der Waals surface area contributed by atoms with Gasteiger partial charge in [-0.3, -0.25) is 9.59 Å². The van der Waals surface area contributed by atoms with Crippen LogP contribution in [0.3, 0.4) is 0 Å². The highest BCUT2D eigenvalue weighted by Crippen LogP contribution is 2.34. The molecule has 2 amide bonds. The first-order chi connectivity index (χ1) is 13.9. The van der Waals surface area contributed by atoms with Crippen molar-refractivity contribution in [3.63, 3.8) is 0 Å². The molecular formula is C22H28N2O4S. The largest absolute Gasteiger partial charge is 0.462 e. The smallest absolute Gasteiger partial charge is 0.341 e. The van der Waals surface area contributed by atoms with Crippen molar-refractivity contribution in [3.8, 4) is 0 Å². The van der Waals surface area contributed by atoms with E-state index in [1.807, 2.05) is 44.2 Å². The Balaban J connectivity index is 2.26. The molecule has 0 saturated carbocycles. The van der Waals surface area contributed by atoms with Gasteiger partial charge in [-0.25, -0.2) is 4.79 Å². The van der Waals surface area contributed by atoms with E-state index < -0.39 is 5.97 Å². The van der Waals surface area contributed by atoms with Gasteiger partial charge >= 0.3 is 5.97 Å². The van der Waals surface area contributed by atoms with E-state index in [2.05, 4.69) is 5.32 Å². The molecule has 156 valence electrons. The Hall–Kier alpha value is -2.67. The third-order valence-corrected chi connectivity index (χ3v) is 5.80. The van der Waals surface area contributed by atoms with Gasteiger partial charge in [0.05, 0.1) is 17.0 Å². The number of benzene rings is 1. The van der Waals surface area contributed by atoms with Crippen LogP contribution in [0.4, 0.5) is 5.00 Å². The Morgan fingerprint density at radius 3 is 2.31 bits per heavy atom. The van der Waals surface area contributed by atoms with Gasteiger partial charge in [-0.1, -0.05) is 30.3 Å². The summed E-state index contributed by atoms with van der Waals surface area (Å²) in [5.41, 5.74) is 1.87. The zero-order valence-corrected chi connectivity index (χ0v) is 18.2. The molecule has 0 spiro atoms. The summed E-state index contributed by atoms with van der Waals surface area (Å²) in [5, 5.41) is 3.19. The van der Waals surface area contributed by atoms with Crippen LogP contribution in [0.2, 0.25) is 0 Å². The molecule has 0 atom stereocenters. The van der Waals surface area contributed by atoms with Crippen LogP contribution in [-0.2, 0) is 16.0 Å². The van der Waals surface area contributed by atoms with Gasteiger partial charge in [-0.05, 0) is 45.2 Å².